The number of amides is 2. The van der Waals surface area contributed by atoms with Crippen LogP contribution in [0.25, 0.3) is 0 Å². The van der Waals surface area contributed by atoms with Gasteiger partial charge in [0.2, 0.25) is 0 Å². The van der Waals surface area contributed by atoms with Crippen molar-refractivity contribution in [1.82, 2.24) is 14.7 Å². The lowest BCUT2D eigenvalue weighted by molar-refractivity contribution is 0.0863. The van der Waals surface area contributed by atoms with E-state index in [-0.39, 0.29) is 11.8 Å². The van der Waals surface area contributed by atoms with Crippen LogP contribution in [0.5, 0.6) is 0 Å². The number of nitrogens with zero attached hydrogens (tertiary/aromatic N) is 3. The Bertz CT molecular complexity index is 508. The number of Topliss-reactive ketones (excluding diaryl/α,β-unsaturated/α-hetero) is 1. The lowest BCUT2D eigenvalue weighted by Crippen LogP contribution is -2.52. The van der Waals surface area contributed by atoms with Crippen molar-refractivity contribution in [2.45, 2.75) is 0 Å². The largest absolute Gasteiger partial charge is 0.331 e. The van der Waals surface area contributed by atoms with Crippen molar-refractivity contribution in [3.05, 3.63) is 34.9 Å². The average Bonchev–Trinajstić information content (AvgIpc) is 2.47. The van der Waals surface area contributed by atoms with E-state index in [9.17, 15) is 9.59 Å². The van der Waals surface area contributed by atoms with Crippen LogP contribution in [-0.4, -0.2) is 73.3 Å². The maximum atomic E-state index is 12.2. The van der Waals surface area contributed by atoms with Crippen molar-refractivity contribution in [3.63, 3.8) is 0 Å². The Labute approximate surface area is 130 Å². The third kappa shape index (κ3) is 4.19. The molecule has 0 bridgehead atoms. The van der Waals surface area contributed by atoms with Crippen molar-refractivity contribution in [1.29, 1.82) is 0 Å². The number of halogens is 1. The monoisotopic (exact) mass is 309 g/mol. The van der Waals surface area contributed by atoms with Gasteiger partial charge in [-0.15, -0.1) is 0 Å². The van der Waals surface area contributed by atoms with Gasteiger partial charge in [-0.25, -0.2) is 4.79 Å². The highest BCUT2D eigenvalue weighted by Gasteiger charge is 2.23. The van der Waals surface area contributed by atoms with Crippen molar-refractivity contribution in [3.8, 4) is 0 Å². The Hall–Kier alpha value is -1.59. The minimum absolute atomic E-state index is 0.0266. The molecular formula is C15H20ClN3O2. The molecule has 21 heavy (non-hydrogen) atoms. The molecule has 0 spiro atoms. The first-order valence-electron chi connectivity index (χ1n) is 6.94. The number of benzene rings is 1. The first-order valence-corrected chi connectivity index (χ1v) is 7.32. The van der Waals surface area contributed by atoms with E-state index < -0.39 is 0 Å². The van der Waals surface area contributed by atoms with Gasteiger partial charge < -0.3 is 9.80 Å². The summed E-state index contributed by atoms with van der Waals surface area (Å²) in [7, 11) is 3.50. The Kier molecular flexibility index (Phi) is 5.20. The molecule has 0 radical (unpaired) electrons. The van der Waals surface area contributed by atoms with Gasteiger partial charge in [-0.1, -0.05) is 11.6 Å². The highest BCUT2D eigenvalue weighted by Crippen LogP contribution is 2.11. The Morgan fingerprint density at radius 2 is 1.67 bits per heavy atom. The fraction of sp³-hybridized carbons (Fsp3) is 0.467. The molecule has 1 aliphatic rings. The Morgan fingerprint density at radius 3 is 2.19 bits per heavy atom. The van der Waals surface area contributed by atoms with E-state index in [0.717, 1.165) is 13.1 Å². The van der Waals surface area contributed by atoms with E-state index in [1.807, 2.05) is 4.90 Å². The van der Waals surface area contributed by atoms with Gasteiger partial charge in [-0.2, -0.15) is 0 Å². The summed E-state index contributed by atoms with van der Waals surface area (Å²) in [6, 6.07) is 6.97. The maximum Gasteiger partial charge on any atom is 0.319 e. The second-order valence-electron chi connectivity index (χ2n) is 5.37. The predicted molar refractivity (Wildman–Crippen MR) is 82.9 cm³/mol. The molecule has 6 heteroatoms. The molecule has 0 atom stereocenters. The third-order valence-corrected chi connectivity index (χ3v) is 3.81. The molecule has 1 fully saturated rings. The smallest absolute Gasteiger partial charge is 0.319 e. The zero-order valence-electron chi connectivity index (χ0n) is 12.4. The number of carbonyl (C=O) groups is 2. The number of urea groups is 1. The van der Waals surface area contributed by atoms with Gasteiger partial charge in [0.1, 0.15) is 0 Å². The summed E-state index contributed by atoms with van der Waals surface area (Å²) in [4.78, 5) is 29.5. The molecule has 0 aliphatic carbocycles. The molecular weight excluding hydrogens is 290 g/mol. The first kappa shape index (κ1) is 15.8. The summed E-state index contributed by atoms with van der Waals surface area (Å²) in [6.07, 6.45) is 0. The van der Waals surface area contributed by atoms with Crippen molar-refractivity contribution < 1.29 is 9.59 Å². The van der Waals surface area contributed by atoms with Crippen LogP contribution in [0.1, 0.15) is 10.4 Å². The van der Waals surface area contributed by atoms with Gasteiger partial charge in [-0.3, -0.25) is 9.69 Å². The summed E-state index contributed by atoms with van der Waals surface area (Å²) >= 11 is 5.82. The van der Waals surface area contributed by atoms with Crippen LogP contribution in [-0.2, 0) is 0 Å². The molecule has 1 aromatic carbocycles. The van der Waals surface area contributed by atoms with Gasteiger partial charge >= 0.3 is 6.03 Å². The summed E-state index contributed by atoms with van der Waals surface area (Å²) in [5.41, 5.74) is 0.672. The van der Waals surface area contributed by atoms with Gasteiger partial charge in [0.25, 0.3) is 0 Å². The zero-order chi connectivity index (χ0) is 15.4. The lowest BCUT2D eigenvalue weighted by Gasteiger charge is -2.35. The summed E-state index contributed by atoms with van der Waals surface area (Å²) < 4.78 is 0. The highest BCUT2D eigenvalue weighted by atomic mass is 35.5. The molecule has 1 aliphatic heterocycles. The average molecular weight is 310 g/mol. The van der Waals surface area contributed by atoms with E-state index in [2.05, 4.69) is 4.90 Å². The molecule has 114 valence electrons. The van der Waals surface area contributed by atoms with Gasteiger partial charge in [0, 0.05) is 50.9 Å². The number of piperazine rings is 1. The predicted octanol–water partition coefficient (Wildman–Crippen LogP) is 1.82. The Morgan fingerprint density at radius 1 is 1.10 bits per heavy atom. The standard InChI is InChI=1S/C15H20ClN3O2/c1-17(2)15(21)19-9-7-18(8-10-19)11-14(20)12-3-5-13(16)6-4-12/h3-6H,7-11H2,1-2H3. The summed E-state index contributed by atoms with van der Waals surface area (Å²) in [5, 5.41) is 0.627. The molecule has 5 nitrogen and oxygen atoms in total. The van der Waals surface area contributed by atoms with Crippen molar-refractivity contribution >= 4 is 23.4 Å². The maximum absolute atomic E-state index is 12.2. The normalized spacial score (nSPS) is 15.9. The summed E-state index contributed by atoms with van der Waals surface area (Å²) in [6.45, 7) is 3.14. The van der Waals surface area contributed by atoms with E-state index in [1.54, 1.807) is 43.3 Å². The van der Waals surface area contributed by atoms with Gasteiger partial charge in [-0.05, 0) is 24.3 Å². The quantitative estimate of drug-likeness (QED) is 0.800. The Balaban J connectivity index is 1.84. The van der Waals surface area contributed by atoms with Crippen molar-refractivity contribution in [2.24, 2.45) is 0 Å². The van der Waals surface area contributed by atoms with Gasteiger partial charge in [0.15, 0.2) is 5.78 Å². The SMILES string of the molecule is CN(C)C(=O)N1CCN(CC(=O)c2ccc(Cl)cc2)CC1. The second-order valence-corrected chi connectivity index (χ2v) is 5.81. The molecule has 0 unspecified atom stereocenters. The fourth-order valence-electron chi connectivity index (χ4n) is 2.31. The van der Waals surface area contributed by atoms with Crippen LogP contribution >= 0.6 is 11.6 Å². The van der Waals surface area contributed by atoms with Gasteiger partial charge in [0.05, 0.1) is 6.54 Å². The van der Waals surface area contributed by atoms with Crippen LogP contribution in [0.15, 0.2) is 24.3 Å². The molecule has 1 heterocycles. The molecule has 1 saturated heterocycles. The molecule has 0 aromatic heterocycles. The van der Waals surface area contributed by atoms with Crippen molar-refractivity contribution in [2.75, 3.05) is 46.8 Å². The number of carbonyl (C=O) groups excluding carboxylic acids is 2. The van der Waals surface area contributed by atoms with E-state index in [1.165, 1.54) is 0 Å². The third-order valence-electron chi connectivity index (χ3n) is 3.56. The molecule has 2 amide bonds. The number of ketones is 1. The molecule has 0 N–H and O–H groups in total. The second kappa shape index (κ2) is 6.91. The van der Waals surface area contributed by atoms with E-state index in [0.29, 0.717) is 30.2 Å². The minimum atomic E-state index is 0.0266. The van der Waals surface area contributed by atoms with Crippen LogP contribution in [0.2, 0.25) is 5.02 Å². The number of rotatable bonds is 3. The fourth-order valence-corrected chi connectivity index (χ4v) is 2.44. The molecule has 0 saturated carbocycles. The minimum Gasteiger partial charge on any atom is -0.331 e. The van der Waals surface area contributed by atoms with Crippen LogP contribution in [0.3, 0.4) is 0 Å². The highest BCUT2D eigenvalue weighted by molar-refractivity contribution is 6.30. The number of hydrogen-bond acceptors (Lipinski definition) is 3. The number of hydrogen-bond donors (Lipinski definition) is 0. The molecule has 2 rings (SSSR count). The van der Waals surface area contributed by atoms with E-state index in [4.69, 9.17) is 11.6 Å². The van der Waals surface area contributed by atoms with Crippen LogP contribution < -0.4 is 0 Å². The topological polar surface area (TPSA) is 43.9 Å². The zero-order valence-corrected chi connectivity index (χ0v) is 13.1. The van der Waals surface area contributed by atoms with Crippen LogP contribution in [0.4, 0.5) is 4.79 Å². The molecule has 1 aromatic rings. The first-order chi connectivity index (χ1) is 9.97. The summed E-state index contributed by atoms with van der Waals surface area (Å²) in [5.74, 6) is 0.0825. The van der Waals surface area contributed by atoms with E-state index >= 15 is 0 Å². The van der Waals surface area contributed by atoms with Crippen LogP contribution in [0, 0.1) is 0 Å². The lowest BCUT2D eigenvalue weighted by atomic mass is 10.1.